The maximum Gasteiger partial charge on any atom is 0.254 e. The highest BCUT2D eigenvalue weighted by Crippen LogP contribution is 2.22. The summed E-state index contributed by atoms with van der Waals surface area (Å²) in [4.78, 5) is 36.8. The Morgan fingerprint density at radius 1 is 1.06 bits per heavy atom. The summed E-state index contributed by atoms with van der Waals surface area (Å²) < 4.78 is 0. The Morgan fingerprint density at radius 3 is 2.45 bits per heavy atom. The summed E-state index contributed by atoms with van der Waals surface area (Å²) >= 11 is 0. The molecule has 4 rings (SSSR count). The number of nitrogens with one attached hydrogen (secondary N) is 2. The second-order valence-corrected chi connectivity index (χ2v) is 7.14. The third-order valence-electron chi connectivity index (χ3n) is 4.92. The average Bonchev–Trinajstić information content (AvgIpc) is 3.19. The number of imidazole rings is 1. The van der Waals surface area contributed by atoms with Crippen molar-refractivity contribution in [1.29, 1.82) is 0 Å². The minimum absolute atomic E-state index is 0. The van der Waals surface area contributed by atoms with Gasteiger partial charge in [-0.3, -0.25) is 14.6 Å². The van der Waals surface area contributed by atoms with Crippen molar-refractivity contribution in [2.45, 2.75) is 26.8 Å². The predicted molar refractivity (Wildman–Crippen MR) is 121 cm³/mol. The minimum atomic E-state index is -0.825. The van der Waals surface area contributed by atoms with Crippen LogP contribution >= 0.6 is 0 Å². The number of primary amides is 1. The topological polar surface area (TPSA) is 114 Å². The molecule has 0 aliphatic heterocycles. The molecular formula is C24H25N5O2. The normalized spacial score (nSPS) is 11.5. The Hall–Kier alpha value is -4.00. The van der Waals surface area contributed by atoms with Gasteiger partial charge in [-0.05, 0) is 36.8 Å². The molecule has 2 aromatic carbocycles. The van der Waals surface area contributed by atoms with Gasteiger partial charge in [-0.1, -0.05) is 43.3 Å². The van der Waals surface area contributed by atoms with Crippen LogP contribution in [0.3, 0.4) is 0 Å². The number of fused-ring (bicyclic) bond motifs is 1. The van der Waals surface area contributed by atoms with Crippen LogP contribution < -0.4 is 11.1 Å². The summed E-state index contributed by atoms with van der Waals surface area (Å²) in [7, 11) is 0. The first-order chi connectivity index (χ1) is 14.5. The van der Waals surface area contributed by atoms with E-state index in [1.165, 1.54) is 0 Å². The van der Waals surface area contributed by atoms with E-state index in [0.29, 0.717) is 23.3 Å². The van der Waals surface area contributed by atoms with E-state index in [2.05, 4.69) is 20.3 Å². The van der Waals surface area contributed by atoms with Gasteiger partial charge in [0, 0.05) is 24.4 Å². The molecule has 0 aliphatic rings. The lowest BCUT2D eigenvalue weighted by Gasteiger charge is -2.16. The number of hydrogen-bond acceptors (Lipinski definition) is 4. The molecule has 0 saturated heterocycles. The number of H-pyrrole nitrogens is 1. The van der Waals surface area contributed by atoms with Crippen LogP contribution in [0.25, 0.3) is 22.4 Å². The lowest BCUT2D eigenvalue weighted by molar-refractivity contribution is -0.119. The monoisotopic (exact) mass is 415 g/mol. The van der Waals surface area contributed by atoms with Crippen molar-refractivity contribution in [3.8, 4) is 11.4 Å². The number of nitrogens with zero attached hydrogens (tertiary/aromatic N) is 2. The summed E-state index contributed by atoms with van der Waals surface area (Å²) in [5.74, 6) is -0.348. The Labute approximate surface area is 180 Å². The quantitative estimate of drug-likeness (QED) is 0.448. The zero-order valence-corrected chi connectivity index (χ0v) is 16.4. The number of hydrogen-bond donors (Lipinski definition) is 3. The Kier molecular flexibility index (Phi) is 6.45. The SMILES string of the molecule is C.Cc1ccc(C[C@@H](NC(=O)c2cccc3[nH]c(-c4ccncc4)nc23)C(N)=O)cc1. The Bertz CT molecular complexity index is 1200. The maximum absolute atomic E-state index is 13.0. The van der Waals surface area contributed by atoms with Gasteiger partial charge in [0.25, 0.3) is 5.91 Å². The molecule has 0 radical (unpaired) electrons. The van der Waals surface area contributed by atoms with E-state index in [0.717, 1.165) is 22.2 Å². The summed E-state index contributed by atoms with van der Waals surface area (Å²) in [6.45, 7) is 1.99. The first-order valence-electron chi connectivity index (χ1n) is 9.56. The van der Waals surface area contributed by atoms with E-state index >= 15 is 0 Å². The number of aryl methyl sites for hydroxylation is 1. The van der Waals surface area contributed by atoms with Crippen molar-refractivity contribution in [3.63, 3.8) is 0 Å². The number of nitrogens with two attached hydrogens (primary N) is 1. The van der Waals surface area contributed by atoms with E-state index in [-0.39, 0.29) is 7.43 Å². The standard InChI is InChI=1S/C23H21N5O2.CH4/c1-14-5-7-15(8-6-14)13-19(21(24)29)27-23(30)17-3-2-4-18-20(17)28-22(26-18)16-9-11-25-12-10-16;/h2-12,19H,13H2,1H3,(H2,24,29)(H,26,28)(H,27,30);1H4/t19-;/m1./s1. The highest BCUT2D eigenvalue weighted by Gasteiger charge is 2.22. The van der Waals surface area contributed by atoms with E-state index in [1.807, 2.05) is 49.4 Å². The first-order valence-corrected chi connectivity index (χ1v) is 9.56. The lowest BCUT2D eigenvalue weighted by atomic mass is 10.0. The highest BCUT2D eigenvalue weighted by molar-refractivity contribution is 6.06. The fraction of sp³-hybridized carbons (Fsp3) is 0.167. The van der Waals surface area contributed by atoms with Crippen molar-refractivity contribution >= 4 is 22.8 Å². The molecule has 2 aromatic heterocycles. The van der Waals surface area contributed by atoms with E-state index in [1.54, 1.807) is 24.5 Å². The van der Waals surface area contributed by atoms with Crippen LogP contribution in [0.2, 0.25) is 0 Å². The smallest absolute Gasteiger partial charge is 0.254 e. The fourth-order valence-corrected chi connectivity index (χ4v) is 3.28. The van der Waals surface area contributed by atoms with E-state index < -0.39 is 17.9 Å². The van der Waals surface area contributed by atoms with Gasteiger partial charge in [0.2, 0.25) is 5.91 Å². The number of carbonyl (C=O) groups excluding carboxylic acids is 2. The van der Waals surface area contributed by atoms with Gasteiger partial charge in [0.05, 0.1) is 11.1 Å². The van der Waals surface area contributed by atoms with Crippen LogP contribution in [-0.4, -0.2) is 32.8 Å². The summed E-state index contributed by atoms with van der Waals surface area (Å²) in [6.07, 6.45) is 3.68. The molecule has 4 N–H and O–H groups in total. The van der Waals surface area contributed by atoms with E-state index in [4.69, 9.17) is 5.73 Å². The number of aromatic amines is 1. The number of amides is 2. The third-order valence-corrected chi connectivity index (χ3v) is 4.92. The van der Waals surface area contributed by atoms with Gasteiger partial charge >= 0.3 is 0 Å². The van der Waals surface area contributed by atoms with Gasteiger partial charge in [0.1, 0.15) is 17.4 Å². The van der Waals surface area contributed by atoms with Crippen molar-refractivity contribution in [2.75, 3.05) is 0 Å². The molecular weight excluding hydrogens is 390 g/mol. The van der Waals surface area contributed by atoms with Gasteiger partial charge in [-0.2, -0.15) is 0 Å². The third kappa shape index (κ3) is 4.78. The molecule has 0 aliphatic carbocycles. The summed E-state index contributed by atoms with van der Waals surface area (Å²) in [5.41, 5.74) is 10.1. The number of para-hydroxylation sites is 1. The molecule has 0 unspecified atom stereocenters. The molecule has 1 atom stereocenters. The second-order valence-electron chi connectivity index (χ2n) is 7.14. The van der Waals surface area contributed by atoms with Gasteiger partial charge in [0.15, 0.2) is 0 Å². The molecule has 2 heterocycles. The minimum Gasteiger partial charge on any atom is -0.368 e. The Balaban J connectivity index is 0.00000272. The number of rotatable bonds is 6. The molecule has 31 heavy (non-hydrogen) atoms. The molecule has 4 aromatic rings. The largest absolute Gasteiger partial charge is 0.368 e. The van der Waals surface area contributed by atoms with E-state index in [9.17, 15) is 9.59 Å². The number of carbonyl (C=O) groups is 2. The van der Waals surface area contributed by atoms with Crippen LogP contribution in [0.1, 0.15) is 28.9 Å². The number of benzene rings is 2. The van der Waals surface area contributed by atoms with Crippen LogP contribution in [0.15, 0.2) is 67.0 Å². The van der Waals surface area contributed by atoms with Crippen molar-refractivity contribution in [3.05, 3.63) is 83.7 Å². The highest BCUT2D eigenvalue weighted by atomic mass is 16.2. The molecule has 2 amide bonds. The molecule has 0 bridgehead atoms. The van der Waals surface area contributed by atoms with Crippen LogP contribution in [0.4, 0.5) is 0 Å². The zero-order chi connectivity index (χ0) is 21.1. The van der Waals surface area contributed by atoms with Crippen molar-refractivity contribution < 1.29 is 9.59 Å². The zero-order valence-electron chi connectivity index (χ0n) is 16.4. The van der Waals surface area contributed by atoms with Crippen LogP contribution in [0, 0.1) is 6.92 Å². The fourth-order valence-electron chi connectivity index (χ4n) is 3.28. The first kappa shape index (κ1) is 21.7. The van der Waals surface area contributed by atoms with Gasteiger partial charge in [-0.25, -0.2) is 4.98 Å². The second kappa shape index (κ2) is 9.21. The molecule has 0 spiro atoms. The van der Waals surface area contributed by atoms with Crippen molar-refractivity contribution in [1.82, 2.24) is 20.3 Å². The summed E-state index contributed by atoms with van der Waals surface area (Å²) in [6, 6.07) is 15.9. The molecule has 7 nitrogen and oxygen atoms in total. The molecule has 0 fully saturated rings. The number of pyridine rings is 1. The molecule has 0 saturated carbocycles. The predicted octanol–water partition coefficient (Wildman–Crippen LogP) is 3.40. The van der Waals surface area contributed by atoms with Crippen LogP contribution in [-0.2, 0) is 11.2 Å². The van der Waals surface area contributed by atoms with Gasteiger partial charge in [-0.15, -0.1) is 0 Å². The lowest BCUT2D eigenvalue weighted by Crippen LogP contribution is -2.45. The van der Waals surface area contributed by atoms with Gasteiger partial charge < -0.3 is 16.0 Å². The average molecular weight is 415 g/mol. The molecule has 158 valence electrons. The van der Waals surface area contributed by atoms with Crippen molar-refractivity contribution in [2.24, 2.45) is 5.73 Å². The summed E-state index contributed by atoms with van der Waals surface area (Å²) in [5, 5.41) is 2.76. The maximum atomic E-state index is 13.0. The molecule has 7 heteroatoms. The Morgan fingerprint density at radius 2 is 1.77 bits per heavy atom. The van der Waals surface area contributed by atoms with Crippen LogP contribution in [0.5, 0.6) is 0 Å². The number of aromatic nitrogens is 3.